The second-order valence-corrected chi connectivity index (χ2v) is 9.25. The maximum absolute atomic E-state index is 13.4. The van der Waals surface area contributed by atoms with Gasteiger partial charge in [-0.2, -0.15) is 0 Å². The normalized spacial score (nSPS) is 28.2. The Hall–Kier alpha value is -2.01. The van der Waals surface area contributed by atoms with Crippen LogP contribution in [0, 0.1) is 11.8 Å². The Labute approximate surface area is 176 Å². The maximum Gasteiger partial charge on any atom is 0.306 e. The van der Waals surface area contributed by atoms with Crippen LogP contribution >= 0.6 is 11.6 Å². The summed E-state index contributed by atoms with van der Waals surface area (Å²) in [7, 11) is 0. The van der Waals surface area contributed by atoms with Crippen LogP contribution in [0.4, 0.5) is 0 Å². The first kappa shape index (κ1) is 20.3. The van der Waals surface area contributed by atoms with E-state index >= 15 is 0 Å². The number of carboxylic acids is 1. The fourth-order valence-corrected chi connectivity index (χ4v) is 5.93. The molecule has 1 saturated heterocycles. The lowest BCUT2D eigenvalue weighted by atomic mass is 9.70. The van der Waals surface area contributed by atoms with E-state index in [1.165, 1.54) is 0 Å². The number of aliphatic carboxylic acids is 1. The summed E-state index contributed by atoms with van der Waals surface area (Å²) >= 11 is 6.42. The standard InChI is InChI=1S/C23H29ClN2O3/c1-13(17-12-25-19-7-4-6-18(24)22(17)19)11-21(27)26-14(2)9-10-15-16(23(28)29)5-3-8-20(15)26/h4,6-7,12-16,20,25H,3,5,8-11H2,1-2H3,(H,28,29). The molecule has 2 aromatic rings. The van der Waals surface area contributed by atoms with Gasteiger partial charge in [-0.3, -0.25) is 9.59 Å². The number of likely N-dealkylation sites (tertiary alicyclic amines) is 1. The van der Waals surface area contributed by atoms with Gasteiger partial charge in [0.1, 0.15) is 0 Å². The number of aromatic amines is 1. The molecule has 2 heterocycles. The lowest BCUT2D eigenvalue weighted by molar-refractivity contribution is -0.154. The molecule has 0 bridgehead atoms. The zero-order valence-corrected chi connectivity index (χ0v) is 17.8. The van der Waals surface area contributed by atoms with Crippen LogP contribution in [0.15, 0.2) is 24.4 Å². The zero-order valence-electron chi connectivity index (χ0n) is 17.0. The highest BCUT2D eigenvalue weighted by Gasteiger charge is 2.45. The van der Waals surface area contributed by atoms with Gasteiger partial charge in [0, 0.05) is 35.6 Å². The minimum Gasteiger partial charge on any atom is -0.481 e. The molecule has 1 saturated carbocycles. The molecule has 1 amide bonds. The van der Waals surface area contributed by atoms with Crippen molar-refractivity contribution >= 4 is 34.4 Å². The van der Waals surface area contributed by atoms with Crippen molar-refractivity contribution in [1.29, 1.82) is 0 Å². The first-order chi connectivity index (χ1) is 13.9. The second kappa shape index (κ2) is 8.02. The van der Waals surface area contributed by atoms with E-state index in [4.69, 9.17) is 11.6 Å². The van der Waals surface area contributed by atoms with Crippen molar-refractivity contribution in [1.82, 2.24) is 9.88 Å². The number of carbonyl (C=O) groups excluding carboxylic acids is 1. The van der Waals surface area contributed by atoms with Crippen LogP contribution in [0.5, 0.6) is 0 Å². The molecule has 6 heteroatoms. The van der Waals surface area contributed by atoms with Crippen LogP contribution in [0.3, 0.4) is 0 Å². The lowest BCUT2D eigenvalue weighted by Gasteiger charge is -2.49. The van der Waals surface area contributed by atoms with Gasteiger partial charge in [0.25, 0.3) is 0 Å². The summed E-state index contributed by atoms with van der Waals surface area (Å²) in [6.45, 7) is 4.17. The van der Waals surface area contributed by atoms with Gasteiger partial charge in [0.05, 0.1) is 10.9 Å². The zero-order chi connectivity index (χ0) is 20.7. The largest absolute Gasteiger partial charge is 0.481 e. The number of amides is 1. The smallest absolute Gasteiger partial charge is 0.306 e. The number of carboxylic acid groups (broad SMARTS) is 1. The van der Waals surface area contributed by atoms with Crippen LogP contribution in [-0.2, 0) is 9.59 Å². The molecule has 0 radical (unpaired) electrons. The number of aromatic nitrogens is 1. The molecule has 1 aliphatic heterocycles. The van der Waals surface area contributed by atoms with Gasteiger partial charge in [0.2, 0.25) is 5.91 Å². The van der Waals surface area contributed by atoms with Crippen molar-refractivity contribution in [3.8, 4) is 0 Å². The SMILES string of the molecule is CC(CC(=O)N1C(C)CCC2C(C(=O)O)CCCC21)c1c[nH]c2cccc(Cl)c12. The summed E-state index contributed by atoms with van der Waals surface area (Å²) in [5.41, 5.74) is 2.04. The van der Waals surface area contributed by atoms with E-state index in [0.29, 0.717) is 11.4 Å². The second-order valence-electron chi connectivity index (χ2n) is 8.85. The number of fused-ring (bicyclic) bond motifs is 2. The molecule has 5 atom stereocenters. The number of hydrogen-bond donors (Lipinski definition) is 2. The lowest BCUT2D eigenvalue weighted by Crippen LogP contribution is -2.56. The van der Waals surface area contributed by atoms with Gasteiger partial charge in [-0.25, -0.2) is 0 Å². The van der Waals surface area contributed by atoms with Gasteiger partial charge >= 0.3 is 5.97 Å². The highest BCUT2D eigenvalue weighted by molar-refractivity contribution is 6.35. The predicted molar refractivity (Wildman–Crippen MR) is 114 cm³/mol. The van der Waals surface area contributed by atoms with Crippen LogP contribution < -0.4 is 0 Å². The minimum absolute atomic E-state index is 0.0302. The van der Waals surface area contributed by atoms with Crippen molar-refractivity contribution < 1.29 is 14.7 Å². The van der Waals surface area contributed by atoms with Crippen LogP contribution in [0.25, 0.3) is 10.9 Å². The average Bonchev–Trinajstić information content (AvgIpc) is 3.12. The topological polar surface area (TPSA) is 73.4 Å². The molecule has 1 aromatic heterocycles. The van der Waals surface area contributed by atoms with Crippen LogP contribution in [0.1, 0.15) is 63.9 Å². The summed E-state index contributed by atoms with van der Waals surface area (Å²) < 4.78 is 0. The fraction of sp³-hybridized carbons (Fsp3) is 0.565. The third kappa shape index (κ3) is 3.65. The Kier molecular flexibility index (Phi) is 5.60. The number of nitrogens with zero attached hydrogens (tertiary/aromatic N) is 1. The summed E-state index contributed by atoms with van der Waals surface area (Å²) in [5.74, 6) is -0.779. The van der Waals surface area contributed by atoms with Gasteiger partial charge in [-0.1, -0.05) is 31.0 Å². The Balaban J connectivity index is 1.55. The highest BCUT2D eigenvalue weighted by atomic mass is 35.5. The molecule has 2 aliphatic rings. The molecule has 4 rings (SSSR count). The van der Waals surface area contributed by atoms with Gasteiger partial charge in [-0.15, -0.1) is 0 Å². The molecular formula is C23H29ClN2O3. The number of piperidine rings is 1. The molecule has 156 valence electrons. The minimum atomic E-state index is -0.705. The van der Waals surface area contributed by atoms with Crippen molar-refractivity contribution in [3.05, 3.63) is 35.0 Å². The number of hydrogen-bond acceptors (Lipinski definition) is 2. The summed E-state index contributed by atoms with van der Waals surface area (Å²) in [6.07, 6.45) is 6.67. The Morgan fingerprint density at radius 1 is 1.28 bits per heavy atom. The number of halogens is 1. The highest BCUT2D eigenvalue weighted by Crippen LogP contribution is 2.42. The molecule has 0 spiro atoms. The van der Waals surface area contributed by atoms with E-state index in [-0.39, 0.29) is 35.7 Å². The Morgan fingerprint density at radius 3 is 2.83 bits per heavy atom. The predicted octanol–water partition coefficient (Wildman–Crippen LogP) is 5.20. The van der Waals surface area contributed by atoms with Crippen LogP contribution in [-0.4, -0.2) is 39.0 Å². The molecule has 1 aliphatic carbocycles. The molecule has 1 aromatic carbocycles. The van der Waals surface area contributed by atoms with Gasteiger partial charge in [-0.05, 0) is 62.1 Å². The summed E-state index contributed by atoms with van der Waals surface area (Å²) in [4.78, 5) is 30.4. The van der Waals surface area contributed by atoms with Crippen molar-refractivity contribution in [2.24, 2.45) is 11.8 Å². The number of rotatable bonds is 4. The number of nitrogens with one attached hydrogen (secondary N) is 1. The number of H-pyrrole nitrogens is 1. The number of benzene rings is 1. The Morgan fingerprint density at radius 2 is 2.07 bits per heavy atom. The quantitative estimate of drug-likeness (QED) is 0.719. The van der Waals surface area contributed by atoms with E-state index in [1.54, 1.807) is 0 Å². The van der Waals surface area contributed by atoms with E-state index in [9.17, 15) is 14.7 Å². The average molecular weight is 417 g/mol. The molecule has 5 unspecified atom stereocenters. The van der Waals surface area contributed by atoms with Crippen molar-refractivity contribution in [3.63, 3.8) is 0 Å². The monoisotopic (exact) mass is 416 g/mol. The van der Waals surface area contributed by atoms with E-state index in [2.05, 4.69) is 18.8 Å². The van der Waals surface area contributed by atoms with Crippen molar-refractivity contribution in [2.45, 2.75) is 70.4 Å². The Bertz CT molecular complexity index is 924. The van der Waals surface area contributed by atoms with E-state index in [1.807, 2.05) is 29.3 Å². The molecular weight excluding hydrogens is 388 g/mol. The van der Waals surface area contributed by atoms with Gasteiger partial charge in [0.15, 0.2) is 0 Å². The first-order valence-electron chi connectivity index (χ1n) is 10.7. The summed E-state index contributed by atoms with van der Waals surface area (Å²) in [6, 6.07) is 6.00. The molecule has 2 N–H and O–H groups in total. The van der Waals surface area contributed by atoms with E-state index < -0.39 is 5.97 Å². The molecule has 29 heavy (non-hydrogen) atoms. The third-order valence-electron chi connectivity index (χ3n) is 7.08. The van der Waals surface area contributed by atoms with Gasteiger partial charge < -0.3 is 15.0 Å². The number of carbonyl (C=O) groups is 2. The maximum atomic E-state index is 13.4. The summed E-state index contributed by atoms with van der Waals surface area (Å²) in [5, 5.41) is 11.3. The first-order valence-corrected chi connectivity index (χ1v) is 11.1. The fourth-order valence-electron chi connectivity index (χ4n) is 5.65. The molecule has 2 fully saturated rings. The molecule has 5 nitrogen and oxygen atoms in total. The third-order valence-corrected chi connectivity index (χ3v) is 7.39. The van der Waals surface area contributed by atoms with Crippen molar-refractivity contribution in [2.75, 3.05) is 0 Å². The van der Waals surface area contributed by atoms with Crippen LogP contribution in [0.2, 0.25) is 5.02 Å². The van der Waals surface area contributed by atoms with E-state index in [0.717, 1.165) is 48.6 Å².